The van der Waals surface area contributed by atoms with Gasteiger partial charge in [0.1, 0.15) is 5.82 Å². The molecule has 10 heteroatoms. The van der Waals surface area contributed by atoms with Gasteiger partial charge in [0.05, 0.1) is 22.0 Å². The maximum Gasteiger partial charge on any atom is 0.379 e. The lowest BCUT2D eigenvalue weighted by Crippen LogP contribution is -2.28. The number of aromatic nitrogens is 2. The minimum atomic E-state index is -3.67. The molecule has 28 heavy (non-hydrogen) atoms. The van der Waals surface area contributed by atoms with Crippen molar-refractivity contribution in [2.24, 2.45) is 0 Å². The average molecular weight is 434 g/mol. The van der Waals surface area contributed by atoms with Gasteiger partial charge in [-0.25, -0.2) is 18.1 Å². The van der Waals surface area contributed by atoms with Crippen LogP contribution >= 0.6 is 11.6 Å². The van der Waals surface area contributed by atoms with Gasteiger partial charge in [-0.05, 0) is 50.2 Å². The summed E-state index contributed by atoms with van der Waals surface area (Å²) in [6, 6.07) is 13.4. The second-order valence-electron chi connectivity index (χ2n) is 5.75. The number of hydrogen-bond donors (Lipinski definition) is 1. The van der Waals surface area contributed by atoms with Gasteiger partial charge in [-0.2, -0.15) is 13.2 Å². The van der Waals surface area contributed by atoms with Gasteiger partial charge in [-0.3, -0.25) is 0 Å². The van der Waals surface area contributed by atoms with Crippen molar-refractivity contribution in [2.45, 2.75) is 38.0 Å². The molecule has 0 aliphatic heterocycles. The summed E-state index contributed by atoms with van der Waals surface area (Å²) in [6.45, 7) is 0.849. The number of nitrogens with one attached hydrogen (secondary N) is 1. The van der Waals surface area contributed by atoms with E-state index >= 15 is 0 Å². The fourth-order valence-corrected chi connectivity index (χ4v) is 4.05. The zero-order valence-corrected chi connectivity index (χ0v) is 16.7. The Hall–Kier alpha value is -2.10. The summed E-state index contributed by atoms with van der Waals surface area (Å²) in [7, 11) is -3.65. The van der Waals surface area contributed by atoms with Crippen LogP contribution in [0.25, 0.3) is 11.0 Å². The zero-order chi connectivity index (χ0) is 20.9. The molecule has 3 rings (SSSR count). The molecule has 152 valence electrons. The van der Waals surface area contributed by atoms with Crippen LogP contribution in [0.15, 0.2) is 53.4 Å². The molecule has 1 N–H and O–H groups in total. The van der Waals surface area contributed by atoms with Gasteiger partial charge < -0.3 is 4.57 Å². The molecule has 0 fully saturated rings. The first-order valence-corrected chi connectivity index (χ1v) is 10.2. The lowest BCUT2D eigenvalue weighted by Gasteiger charge is -2.15. The maximum absolute atomic E-state index is 12.6. The number of halogens is 4. The highest BCUT2D eigenvalue weighted by Gasteiger charge is 2.22. The Labute approximate surface area is 166 Å². The van der Waals surface area contributed by atoms with Gasteiger partial charge in [-0.1, -0.05) is 23.7 Å². The van der Waals surface area contributed by atoms with E-state index in [0.717, 1.165) is 11.0 Å². The summed E-state index contributed by atoms with van der Waals surface area (Å²) in [5.41, 5.74) is 1.85. The van der Waals surface area contributed by atoms with Crippen LogP contribution in [0, 0.1) is 0 Å². The van der Waals surface area contributed by atoms with Crippen LogP contribution < -0.4 is 4.72 Å². The van der Waals surface area contributed by atoms with E-state index in [1.54, 1.807) is 19.1 Å². The molecule has 0 amide bonds. The minimum absolute atomic E-state index is 0.179. The highest BCUT2D eigenvalue weighted by Crippen LogP contribution is 2.22. The molecule has 0 bridgehead atoms. The van der Waals surface area contributed by atoms with Crippen LogP contribution in [-0.2, 0) is 16.6 Å². The molecule has 0 spiro atoms. The van der Waals surface area contributed by atoms with E-state index in [4.69, 9.17) is 11.6 Å². The molecule has 1 unspecified atom stereocenters. The molecule has 0 radical (unpaired) electrons. The topological polar surface area (TPSA) is 64.0 Å². The third-order valence-corrected chi connectivity index (χ3v) is 5.65. The first-order chi connectivity index (χ1) is 13.2. The monoisotopic (exact) mass is 433 g/mol. The highest BCUT2D eigenvalue weighted by molar-refractivity contribution is 7.89. The van der Waals surface area contributed by atoms with Gasteiger partial charge in [0.15, 0.2) is 0 Å². The number of para-hydroxylation sites is 2. The Morgan fingerprint density at radius 2 is 1.68 bits per heavy atom. The van der Waals surface area contributed by atoms with E-state index < -0.39 is 22.7 Å². The Bertz CT molecular complexity index is 1020. The third kappa shape index (κ3) is 5.46. The van der Waals surface area contributed by atoms with Gasteiger partial charge in [0.25, 0.3) is 0 Å². The predicted octanol–water partition coefficient (Wildman–Crippen LogP) is 4.93. The number of hydrogen-bond acceptors (Lipinski definition) is 3. The number of alkyl halides is 3. The number of fused-ring (bicyclic) bond motifs is 1. The van der Waals surface area contributed by atoms with E-state index in [0.29, 0.717) is 17.4 Å². The summed E-state index contributed by atoms with van der Waals surface area (Å²) in [5.74, 6) is 0.691. The van der Waals surface area contributed by atoms with Gasteiger partial charge in [0, 0.05) is 11.6 Å². The van der Waals surface area contributed by atoms with E-state index in [2.05, 4.69) is 9.71 Å². The smallest absolute Gasteiger partial charge is 0.327 e. The SMILES string of the molecule is CCn1c(C(C)NS(=O)(=O)c2ccc(Cl)cc2)nc2ccccc21.FC(F)F. The molecule has 0 saturated heterocycles. The summed E-state index contributed by atoms with van der Waals surface area (Å²) in [4.78, 5) is 4.77. The first-order valence-electron chi connectivity index (χ1n) is 8.31. The molecule has 0 aliphatic rings. The van der Waals surface area contributed by atoms with Gasteiger partial charge in [-0.15, -0.1) is 0 Å². The summed E-state index contributed by atoms with van der Waals surface area (Å²) in [6.07, 6.45) is 0. The largest absolute Gasteiger partial charge is 0.379 e. The molecule has 1 aromatic heterocycles. The maximum atomic E-state index is 12.6. The normalized spacial score (nSPS) is 12.7. The van der Waals surface area contributed by atoms with Crippen molar-refractivity contribution in [1.29, 1.82) is 0 Å². The number of sulfonamides is 1. The second kappa shape index (κ2) is 9.40. The number of imidazole rings is 1. The fraction of sp³-hybridized carbons (Fsp3) is 0.278. The van der Waals surface area contributed by atoms with Crippen molar-refractivity contribution < 1.29 is 21.6 Å². The van der Waals surface area contributed by atoms with Crippen LogP contribution in [-0.4, -0.2) is 24.6 Å². The molecular weight excluding hydrogens is 415 g/mol. The van der Waals surface area contributed by atoms with Crippen molar-refractivity contribution in [3.8, 4) is 0 Å². The number of benzene rings is 2. The number of aryl methyl sites for hydroxylation is 1. The molecule has 1 heterocycles. The molecule has 1 atom stereocenters. The lowest BCUT2D eigenvalue weighted by atomic mass is 10.3. The Balaban J connectivity index is 0.000000640. The van der Waals surface area contributed by atoms with E-state index in [9.17, 15) is 21.6 Å². The van der Waals surface area contributed by atoms with Crippen LogP contribution in [0.1, 0.15) is 25.7 Å². The predicted molar refractivity (Wildman–Crippen MR) is 103 cm³/mol. The standard InChI is InChI=1S/C17H18ClN3O2S.CHF3/c1-3-21-16-7-5-4-6-15(16)19-17(21)12(2)20-24(22,23)14-10-8-13(18)9-11-14;2-1(3)4/h4-12,20H,3H2,1-2H3;1H. The van der Waals surface area contributed by atoms with Crippen LogP contribution in [0.4, 0.5) is 13.2 Å². The third-order valence-electron chi connectivity index (χ3n) is 3.84. The Morgan fingerprint density at radius 1 is 1.11 bits per heavy atom. The Morgan fingerprint density at radius 3 is 2.25 bits per heavy atom. The molecule has 3 aromatic rings. The summed E-state index contributed by atoms with van der Waals surface area (Å²) >= 11 is 5.82. The zero-order valence-electron chi connectivity index (χ0n) is 15.1. The van der Waals surface area contributed by atoms with Crippen molar-refractivity contribution in [3.63, 3.8) is 0 Å². The molecular formula is C18H19ClF3N3O2S. The van der Waals surface area contributed by atoms with Crippen LogP contribution in [0.2, 0.25) is 5.02 Å². The van der Waals surface area contributed by atoms with E-state index in [-0.39, 0.29) is 4.90 Å². The highest BCUT2D eigenvalue weighted by atomic mass is 35.5. The quantitative estimate of drug-likeness (QED) is 0.620. The van der Waals surface area contributed by atoms with Crippen molar-refractivity contribution in [1.82, 2.24) is 14.3 Å². The average Bonchev–Trinajstić information content (AvgIpc) is 3.00. The van der Waals surface area contributed by atoms with Crippen molar-refractivity contribution in [3.05, 3.63) is 59.4 Å². The van der Waals surface area contributed by atoms with Gasteiger partial charge in [0.2, 0.25) is 10.0 Å². The number of nitrogens with zero attached hydrogens (tertiary/aromatic N) is 2. The number of rotatable bonds is 5. The Kier molecular flexibility index (Phi) is 7.45. The summed E-state index contributed by atoms with van der Waals surface area (Å²) < 4.78 is 58.8. The first kappa shape index (κ1) is 22.2. The molecule has 2 aromatic carbocycles. The van der Waals surface area contributed by atoms with Crippen LogP contribution in [0.5, 0.6) is 0 Å². The summed E-state index contributed by atoms with van der Waals surface area (Å²) in [5, 5.41) is 0.495. The second-order valence-corrected chi connectivity index (χ2v) is 7.90. The van der Waals surface area contributed by atoms with Gasteiger partial charge >= 0.3 is 6.68 Å². The van der Waals surface area contributed by atoms with Crippen molar-refractivity contribution in [2.75, 3.05) is 0 Å². The lowest BCUT2D eigenvalue weighted by molar-refractivity contribution is 0.00819. The van der Waals surface area contributed by atoms with E-state index in [1.807, 2.05) is 35.8 Å². The molecule has 0 aliphatic carbocycles. The molecule has 0 saturated carbocycles. The van der Waals surface area contributed by atoms with Crippen LogP contribution in [0.3, 0.4) is 0 Å². The fourth-order valence-electron chi connectivity index (χ4n) is 2.72. The minimum Gasteiger partial charge on any atom is -0.327 e. The molecule has 5 nitrogen and oxygen atoms in total. The van der Waals surface area contributed by atoms with Crippen molar-refractivity contribution >= 4 is 32.7 Å². The van der Waals surface area contributed by atoms with E-state index in [1.165, 1.54) is 12.1 Å².